The number of rotatable bonds is 8. The van der Waals surface area contributed by atoms with E-state index in [1.54, 1.807) is 7.11 Å². The van der Waals surface area contributed by atoms with E-state index < -0.39 is 0 Å². The molecule has 0 aliphatic carbocycles. The fourth-order valence-electron chi connectivity index (χ4n) is 1.63. The zero-order valence-electron chi connectivity index (χ0n) is 11.5. The monoisotopic (exact) mass is 252 g/mol. The van der Waals surface area contributed by atoms with Gasteiger partial charge in [0.1, 0.15) is 0 Å². The lowest BCUT2D eigenvalue weighted by Crippen LogP contribution is -2.31. The fourth-order valence-corrected chi connectivity index (χ4v) is 1.63. The molecule has 1 aromatic carbocycles. The molecular formula is C14H24N2O2. The predicted octanol–water partition coefficient (Wildman–Crippen LogP) is 1.24. The van der Waals surface area contributed by atoms with Crippen LogP contribution in [0.3, 0.4) is 0 Å². The van der Waals surface area contributed by atoms with Crippen LogP contribution >= 0.6 is 0 Å². The summed E-state index contributed by atoms with van der Waals surface area (Å²) in [6.07, 6.45) is 0. The maximum atomic E-state index is 9.12. The Labute approximate surface area is 110 Å². The van der Waals surface area contributed by atoms with Gasteiger partial charge in [-0.1, -0.05) is 12.1 Å². The largest absolute Gasteiger partial charge is 0.394 e. The van der Waals surface area contributed by atoms with Gasteiger partial charge in [-0.2, -0.15) is 0 Å². The average Bonchev–Trinajstić information content (AvgIpc) is 2.42. The summed E-state index contributed by atoms with van der Waals surface area (Å²) >= 11 is 0. The highest BCUT2D eigenvalue weighted by atomic mass is 16.5. The first-order chi connectivity index (χ1) is 8.69. The number of likely N-dealkylation sites (N-methyl/N-ethyl adjacent to an activating group) is 1. The molecule has 0 heterocycles. The molecule has 0 saturated carbocycles. The first-order valence-corrected chi connectivity index (χ1v) is 6.31. The first kappa shape index (κ1) is 15.0. The molecule has 102 valence electrons. The molecule has 2 N–H and O–H groups in total. The highest BCUT2D eigenvalue weighted by Crippen LogP contribution is 2.15. The van der Waals surface area contributed by atoms with Crippen molar-refractivity contribution < 1.29 is 9.84 Å². The SMILES string of the molecule is COCCNCc1ccc(N(C)C(C)CO)cc1. The van der Waals surface area contributed by atoms with Crippen molar-refractivity contribution in [3.8, 4) is 0 Å². The summed E-state index contributed by atoms with van der Waals surface area (Å²) in [4.78, 5) is 2.07. The number of hydrogen-bond acceptors (Lipinski definition) is 4. The third-order valence-corrected chi connectivity index (χ3v) is 3.08. The second-order valence-corrected chi connectivity index (χ2v) is 4.48. The molecule has 0 aliphatic rings. The smallest absolute Gasteiger partial charge is 0.0632 e. The number of aliphatic hydroxyl groups is 1. The Bertz CT molecular complexity index is 327. The minimum absolute atomic E-state index is 0.135. The number of ether oxygens (including phenoxy) is 1. The van der Waals surface area contributed by atoms with Crippen LogP contribution < -0.4 is 10.2 Å². The topological polar surface area (TPSA) is 44.7 Å². The van der Waals surface area contributed by atoms with Crippen LogP contribution in [0, 0.1) is 0 Å². The fraction of sp³-hybridized carbons (Fsp3) is 0.571. The number of nitrogens with zero attached hydrogens (tertiary/aromatic N) is 1. The summed E-state index contributed by atoms with van der Waals surface area (Å²) in [7, 11) is 3.70. The van der Waals surface area contributed by atoms with Gasteiger partial charge in [-0.3, -0.25) is 0 Å². The molecule has 1 unspecified atom stereocenters. The van der Waals surface area contributed by atoms with Crippen molar-refractivity contribution in [3.63, 3.8) is 0 Å². The average molecular weight is 252 g/mol. The van der Waals surface area contributed by atoms with Crippen LogP contribution in [0.25, 0.3) is 0 Å². The van der Waals surface area contributed by atoms with Crippen LogP contribution in [0.1, 0.15) is 12.5 Å². The highest BCUT2D eigenvalue weighted by molar-refractivity contribution is 5.47. The second kappa shape index (κ2) is 8.08. The molecule has 0 spiro atoms. The van der Waals surface area contributed by atoms with Gasteiger partial charge >= 0.3 is 0 Å². The van der Waals surface area contributed by atoms with E-state index in [2.05, 4.69) is 34.5 Å². The molecule has 1 atom stereocenters. The Kier molecular flexibility index (Phi) is 6.72. The third kappa shape index (κ3) is 4.64. The van der Waals surface area contributed by atoms with Gasteiger partial charge in [0.15, 0.2) is 0 Å². The summed E-state index contributed by atoms with van der Waals surface area (Å²) in [5.74, 6) is 0. The molecule has 0 saturated heterocycles. The Balaban J connectivity index is 2.47. The van der Waals surface area contributed by atoms with E-state index in [0.29, 0.717) is 0 Å². The summed E-state index contributed by atoms with van der Waals surface area (Å²) in [6, 6.07) is 8.51. The Morgan fingerprint density at radius 3 is 2.56 bits per heavy atom. The van der Waals surface area contributed by atoms with Gasteiger partial charge in [-0.25, -0.2) is 0 Å². The summed E-state index contributed by atoms with van der Waals surface area (Å²) in [5.41, 5.74) is 2.37. The van der Waals surface area contributed by atoms with Crippen molar-refractivity contribution in [2.45, 2.75) is 19.5 Å². The van der Waals surface area contributed by atoms with E-state index in [1.807, 2.05) is 14.0 Å². The summed E-state index contributed by atoms with van der Waals surface area (Å²) in [6.45, 7) is 4.61. The van der Waals surface area contributed by atoms with Gasteiger partial charge in [0.05, 0.1) is 13.2 Å². The summed E-state index contributed by atoms with van der Waals surface area (Å²) in [5, 5.41) is 12.4. The van der Waals surface area contributed by atoms with Crippen LogP contribution in [-0.4, -0.2) is 45.1 Å². The minimum atomic E-state index is 0.135. The van der Waals surface area contributed by atoms with Crippen LogP contribution in [0.5, 0.6) is 0 Å². The van der Waals surface area contributed by atoms with E-state index >= 15 is 0 Å². The van der Waals surface area contributed by atoms with Crippen LogP contribution in [0.4, 0.5) is 5.69 Å². The minimum Gasteiger partial charge on any atom is -0.394 e. The number of hydrogen-bond donors (Lipinski definition) is 2. The molecule has 18 heavy (non-hydrogen) atoms. The van der Waals surface area contributed by atoms with Gasteiger partial charge in [-0.05, 0) is 24.6 Å². The zero-order chi connectivity index (χ0) is 13.4. The lowest BCUT2D eigenvalue weighted by atomic mass is 10.2. The lowest BCUT2D eigenvalue weighted by molar-refractivity contribution is 0.199. The number of benzene rings is 1. The molecule has 4 heteroatoms. The predicted molar refractivity (Wildman–Crippen MR) is 75.0 cm³/mol. The Morgan fingerprint density at radius 1 is 1.33 bits per heavy atom. The molecule has 4 nitrogen and oxygen atoms in total. The van der Waals surface area contributed by atoms with Gasteiger partial charge in [0, 0.05) is 39.0 Å². The molecule has 1 rings (SSSR count). The Morgan fingerprint density at radius 2 is 2.00 bits per heavy atom. The number of aliphatic hydroxyl groups excluding tert-OH is 1. The third-order valence-electron chi connectivity index (χ3n) is 3.08. The number of nitrogens with one attached hydrogen (secondary N) is 1. The molecule has 0 bridgehead atoms. The maximum Gasteiger partial charge on any atom is 0.0632 e. The molecule has 0 fully saturated rings. The Hall–Kier alpha value is -1.10. The molecule has 0 amide bonds. The quantitative estimate of drug-likeness (QED) is 0.683. The van der Waals surface area contributed by atoms with E-state index in [9.17, 15) is 0 Å². The molecular weight excluding hydrogens is 228 g/mol. The normalized spacial score (nSPS) is 12.4. The lowest BCUT2D eigenvalue weighted by Gasteiger charge is -2.25. The zero-order valence-corrected chi connectivity index (χ0v) is 11.5. The molecule has 0 aliphatic heterocycles. The molecule has 1 aromatic rings. The molecule has 0 radical (unpaired) electrons. The number of anilines is 1. The summed E-state index contributed by atoms with van der Waals surface area (Å²) < 4.78 is 4.98. The van der Waals surface area contributed by atoms with Gasteiger partial charge in [0.25, 0.3) is 0 Å². The van der Waals surface area contributed by atoms with Crippen LogP contribution in [-0.2, 0) is 11.3 Å². The van der Waals surface area contributed by atoms with E-state index in [0.717, 1.165) is 25.4 Å². The maximum absolute atomic E-state index is 9.12. The second-order valence-electron chi connectivity index (χ2n) is 4.48. The van der Waals surface area contributed by atoms with Gasteiger partial charge in [0.2, 0.25) is 0 Å². The van der Waals surface area contributed by atoms with Crippen molar-refractivity contribution in [2.75, 3.05) is 38.8 Å². The highest BCUT2D eigenvalue weighted by Gasteiger charge is 2.08. The molecule has 0 aromatic heterocycles. The van der Waals surface area contributed by atoms with Crippen LogP contribution in [0.15, 0.2) is 24.3 Å². The van der Waals surface area contributed by atoms with Gasteiger partial charge in [-0.15, -0.1) is 0 Å². The van der Waals surface area contributed by atoms with E-state index in [1.165, 1.54) is 5.56 Å². The van der Waals surface area contributed by atoms with Crippen molar-refractivity contribution >= 4 is 5.69 Å². The van der Waals surface area contributed by atoms with E-state index in [4.69, 9.17) is 9.84 Å². The van der Waals surface area contributed by atoms with Crippen LogP contribution in [0.2, 0.25) is 0 Å². The van der Waals surface area contributed by atoms with Crippen molar-refractivity contribution in [1.29, 1.82) is 0 Å². The van der Waals surface area contributed by atoms with Crippen molar-refractivity contribution in [3.05, 3.63) is 29.8 Å². The van der Waals surface area contributed by atoms with Gasteiger partial charge < -0.3 is 20.1 Å². The first-order valence-electron chi connectivity index (χ1n) is 6.31. The van der Waals surface area contributed by atoms with E-state index in [-0.39, 0.29) is 12.6 Å². The van der Waals surface area contributed by atoms with Crippen molar-refractivity contribution in [1.82, 2.24) is 5.32 Å². The number of methoxy groups -OCH3 is 1. The van der Waals surface area contributed by atoms with Crippen molar-refractivity contribution in [2.24, 2.45) is 0 Å². The standard InChI is InChI=1S/C14H24N2O2/c1-12(11-17)16(2)14-6-4-13(5-7-14)10-15-8-9-18-3/h4-7,12,15,17H,8-11H2,1-3H3.